The topological polar surface area (TPSA) is 59.0 Å². The van der Waals surface area contributed by atoms with Gasteiger partial charge in [0.15, 0.2) is 0 Å². The van der Waals surface area contributed by atoms with E-state index in [0.717, 1.165) is 57.9 Å². The Hall–Kier alpha value is 0.0700. The fourth-order valence-electron chi connectivity index (χ4n) is 4.72. The minimum atomic E-state index is -3.95. The van der Waals surface area contributed by atoms with E-state index in [0.29, 0.717) is 19.1 Å². The summed E-state index contributed by atoms with van der Waals surface area (Å²) in [4.78, 5) is 12.7. The van der Waals surface area contributed by atoms with Gasteiger partial charge in [-0.25, -0.2) is 4.57 Å². The van der Waals surface area contributed by atoms with E-state index in [9.17, 15) is 9.46 Å². The highest BCUT2D eigenvalue weighted by Gasteiger charge is 2.23. The van der Waals surface area contributed by atoms with Crippen molar-refractivity contribution in [2.24, 2.45) is 5.92 Å². The van der Waals surface area contributed by atoms with Gasteiger partial charge < -0.3 is 9.79 Å². The molecule has 0 aliphatic carbocycles. The van der Waals surface area contributed by atoms with Crippen LogP contribution in [0.4, 0.5) is 0 Å². The third-order valence-corrected chi connectivity index (χ3v) is 8.17. The molecule has 218 valence electrons. The number of phosphoric ester groups is 1. The van der Waals surface area contributed by atoms with Crippen molar-refractivity contribution in [2.45, 2.75) is 156 Å². The Morgan fingerprint density at radius 2 is 1.00 bits per heavy atom. The third kappa shape index (κ3) is 24.4. The predicted molar refractivity (Wildman–Crippen MR) is 157 cm³/mol. The Labute approximate surface area is 226 Å². The summed E-state index contributed by atoms with van der Waals surface area (Å²) in [6.07, 6.45) is 24.5. The normalized spacial score (nSPS) is 13.6. The van der Waals surface area contributed by atoms with Crippen LogP contribution >= 0.6 is 7.82 Å². The summed E-state index contributed by atoms with van der Waals surface area (Å²) in [5.41, 5.74) is 0. The van der Waals surface area contributed by atoms with Crippen LogP contribution in [-0.4, -0.2) is 42.6 Å². The zero-order valence-corrected chi connectivity index (χ0v) is 25.7. The molecule has 0 amide bonds. The van der Waals surface area contributed by atoms with Gasteiger partial charge in [-0.15, -0.1) is 0 Å². The smallest absolute Gasteiger partial charge is 0.303 e. The molecule has 0 fully saturated rings. The predicted octanol–water partition coefficient (Wildman–Crippen LogP) is 9.92. The van der Waals surface area contributed by atoms with Crippen LogP contribution in [0.5, 0.6) is 0 Å². The van der Waals surface area contributed by atoms with Gasteiger partial charge >= 0.3 is 7.82 Å². The van der Waals surface area contributed by atoms with Crippen LogP contribution in [0.2, 0.25) is 0 Å². The minimum Gasteiger partial charge on any atom is -0.303 e. The molecule has 0 aromatic heterocycles. The summed E-state index contributed by atoms with van der Waals surface area (Å²) < 4.78 is 23.1. The fourth-order valence-corrected chi connectivity index (χ4v) is 5.55. The Bertz CT molecular complexity index is 468. The Balaban J connectivity index is 4.24. The van der Waals surface area contributed by atoms with Crippen molar-refractivity contribution in [3.05, 3.63) is 0 Å². The van der Waals surface area contributed by atoms with E-state index in [1.165, 1.54) is 90.1 Å². The van der Waals surface area contributed by atoms with E-state index in [2.05, 4.69) is 32.6 Å². The number of phosphoric acid groups is 1. The van der Waals surface area contributed by atoms with Crippen molar-refractivity contribution in [3.8, 4) is 0 Å². The highest BCUT2D eigenvalue weighted by atomic mass is 31.2. The van der Waals surface area contributed by atoms with Crippen LogP contribution < -0.4 is 0 Å². The van der Waals surface area contributed by atoms with Gasteiger partial charge in [-0.05, 0) is 64.1 Å². The van der Waals surface area contributed by atoms with E-state index >= 15 is 0 Å². The first-order chi connectivity index (χ1) is 17.5. The van der Waals surface area contributed by atoms with E-state index in [1.807, 2.05) is 0 Å². The third-order valence-electron chi connectivity index (χ3n) is 7.18. The summed E-state index contributed by atoms with van der Waals surface area (Å²) in [6.45, 7) is 12.9. The lowest BCUT2D eigenvalue weighted by molar-refractivity contribution is 0.122. The minimum absolute atomic E-state index is 0.296. The van der Waals surface area contributed by atoms with Crippen LogP contribution in [0, 0.1) is 5.92 Å². The average molecular weight is 534 g/mol. The molecule has 0 saturated heterocycles. The summed E-state index contributed by atoms with van der Waals surface area (Å²) >= 11 is 0. The molecule has 6 heteroatoms. The molecule has 0 aliphatic heterocycles. The summed E-state index contributed by atoms with van der Waals surface area (Å²) in [5, 5.41) is 0. The Kier molecular flexibility index (Phi) is 26.7. The molecular formula is C30H64NO4P. The number of hydrogen-bond acceptors (Lipinski definition) is 4. The molecule has 0 heterocycles. The van der Waals surface area contributed by atoms with E-state index in [1.54, 1.807) is 0 Å². The molecule has 5 nitrogen and oxygen atoms in total. The molecule has 0 saturated carbocycles. The SMILES string of the molecule is CCCCCCCCN(CCCCCCCC)CCCCOP(=O)(O)OCC(CCCC)CCCC. The lowest BCUT2D eigenvalue weighted by Crippen LogP contribution is -2.27. The first kappa shape index (κ1) is 36.1. The number of unbranched alkanes of at least 4 members (excludes halogenated alkanes) is 13. The van der Waals surface area contributed by atoms with Gasteiger partial charge in [0.1, 0.15) is 0 Å². The van der Waals surface area contributed by atoms with Gasteiger partial charge in [0.25, 0.3) is 0 Å². The lowest BCUT2D eigenvalue weighted by atomic mass is 9.97. The van der Waals surface area contributed by atoms with Gasteiger partial charge in [-0.1, -0.05) is 118 Å². The Morgan fingerprint density at radius 3 is 1.47 bits per heavy atom. The second-order valence-corrected chi connectivity index (χ2v) is 12.3. The fraction of sp³-hybridized carbons (Fsp3) is 1.00. The summed E-state index contributed by atoms with van der Waals surface area (Å²) in [6, 6.07) is 0. The zero-order chi connectivity index (χ0) is 26.7. The van der Waals surface area contributed by atoms with Crippen LogP contribution in [0.3, 0.4) is 0 Å². The van der Waals surface area contributed by atoms with Crippen molar-refractivity contribution in [2.75, 3.05) is 32.8 Å². The van der Waals surface area contributed by atoms with Crippen LogP contribution in [0.25, 0.3) is 0 Å². The van der Waals surface area contributed by atoms with E-state index in [4.69, 9.17) is 9.05 Å². The molecule has 0 aliphatic rings. The molecule has 0 radical (unpaired) electrons. The maximum absolute atomic E-state index is 12.4. The number of rotatable bonds is 29. The van der Waals surface area contributed by atoms with Gasteiger partial charge in [0, 0.05) is 0 Å². The van der Waals surface area contributed by atoms with Crippen LogP contribution in [0.15, 0.2) is 0 Å². The van der Waals surface area contributed by atoms with Crippen molar-refractivity contribution < 1.29 is 18.5 Å². The van der Waals surface area contributed by atoms with Gasteiger partial charge in [0.2, 0.25) is 0 Å². The highest BCUT2D eigenvalue weighted by molar-refractivity contribution is 7.47. The molecule has 0 aromatic rings. The molecule has 36 heavy (non-hydrogen) atoms. The summed E-state index contributed by atoms with van der Waals surface area (Å²) in [7, 11) is -3.95. The van der Waals surface area contributed by atoms with E-state index < -0.39 is 7.82 Å². The van der Waals surface area contributed by atoms with E-state index in [-0.39, 0.29) is 0 Å². The molecule has 0 bridgehead atoms. The second kappa shape index (κ2) is 26.7. The van der Waals surface area contributed by atoms with Gasteiger partial charge in [0.05, 0.1) is 13.2 Å². The molecule has 0 rings (SSSR count). The van der Waals surface area contributed by atoms with Gasteiger partial charge in [-0.3, -0.25) is 9.05 Å². The maximum atomic E-state index is 12.4. The Morgan fingerprint density at radius 1 is 0.583 bits per heavy atom. The van der Waals surface area contributed by atoms with Gasteiger partial charge in [-0.2, -0.15) is 0 Å². The summed E-state index contributed by atoms with van der Waals surface area (Å²) in [5.74, 6) is 0.353. The van der Waals surface area contributed by atoms with Crippen molar-refractivity contribution >= 4 is 7.82 Å². The van der Waals surface area contributed by atoms with Crippen molar-refractivity contribution in [1.82, 2.24) is 4.90 Å². The number of nitrogens with zero attached hydrogens (tertiary/aromatic N) is 1. The van der Waals surface area contributed by atoms with Crippen LogP contribution in [0.1, 0.15) is 156 Å². The lowest BCUT2D eigenvalue weighted by Gasteiger charge is -2.22. The molecule has 0 spiro atoms. The molecule has 0 aromatic carbocycles. The average Bonchev–Trinajstić information content (AvgIpc) is 2.86. The largest absolute Gasteiger partial charge is 0.472 e. The molecule has 1 atom stereocenters. The second-order valence-electron chi connectivity index (χ2n) is 10.8. The van der Waals surface area contributed by atoms with Crippen molar-refractivity contribution in [1.29, 1.82) is 0 Å². The standard InChI is InChI=1S/C30H64NO4P/c1-5-9-13-15-17-19-25-31(26-20-18-16-14-10-6-2)27-21-22-28-34-36(32,33)35-29-30(23-11-7-3)24-12-8-4/h30H,5-29H2,1-4H3,(H,32,33). The zero-order valence-electron chi connectivity index (χ0n) is 24.8. The monoisotopic (exact) mass is 533 g/mol. The molecule has 1 unspecified atom stereocenters. The number of hydrogen-bond donors (Lipinski definition) is 1. The highest BCUT2D eigenvalue weighted by Crippen LogP contribution is 2.44. The first-order valence-electron chi connectivity index (χ1n) is 15.8. The molecule has 1 N–H and O–H groups in total. The van der Waals surface area contributed by atoms with Crippen LogP contribution in [-0.2, 0) is 13.6 Å². The first-order valence-corrected chi connectivity index (χ1v) is 17.3. The molecular weight excluding hydrogens is 469 g/mol. The van der Waals surface area contributed by atoms with Crippen molar-refractivity contribution in [3.63, 3.8) is 0 Å². The quantitative estimate of drug-likeness (QED) is 0.0765. The maximum Gasteiger partial charge on any atom is 0.472 e.